The highest BCUT2D eigenvalue weighted by molar-refractivity contribution is 7.13. The molecule has 0 saturated heterocycles. The van der Waals surface area contributed by atoms with Crippen LogP contribution in [0.15, 0.2) is 28.0 Å². The quantitative estimate of drug-likeness (QED) is 0.752. The van der Waals surface area contributed by atoms with E-state index in [1.807, 2.05) is 37.4 Å². The highest BCUT2D eigenvalue weighted by Crippen LogP contribution is 2.26. The summed E-state index contributed by atoms with van der Waals surface area (Å²) in [6.07, 6.45) is 0. The highest BCUT2D eigenvalue weighted by Gasteiger charge is 2.13. The predicted octanol–water partition coefficient (Wildman–Crippen LogP) is 3.41. The second-order valence-corrected chi connectivity index (χ2v) is 4.76. The molecule has 0 aliphatic heterocycles. The number of nitrogens with zero attached hydrogens (tertiary/aromatic N) is 2. The van der Waals surface area contributed by atoms with E-state index >= 15 is 0 Å². The summed E-state index contributed by atoms with van der Waals surface area (Å²) in [4.78, 5) is 5.57. The number of aryl methyl sites for hydroxylation is 2. The summed E-state index contributed by atoms with van der Waals surface area (Å²) in [5, 5.41) is 9.20. The first kappa shape index (κ1) is 10.3. The Kier molecular flexibility index (Phi) is 2.33. The number of thiophene rings is 1. The molecule has 3 heterocycles. The molecule has 0 unspecified atom stereocenters. The largest absolute Gasteiger partial charge is 0.466 e. The molecule has 0 fully saturated rings. The molecule has 0 atom stereocenters. The first-order valence-electron chi connectivity index (χ1n) is 5.28. The third kappa shape index (κ3) is 1.78. The maximum Gasteiger partial charge on any atom is 0.185 e. The van der Waals surface area contributed by atoms with Gasteiger partial charge in [-0.15, -0.1) is 11.3 Å². The van der Waals surface area contributed by atoms with Gasteiger partial charge >= 0.3 is 0 Å². The number of nitrogens with one attached hydrogen (secondary N) is 1. The lowest BCUT2D eigenvalue weighted by Gasteiger charge is -1.89. The number of aromatic amines is 1. The molecule has 0 aromatic carbocycles. The highest BCUT2D eigenvalue weighted by atomic mass is 32.1. The van der Waals surface area contributed by atoms with Crippen molar-refractivity contribution in [2.45, 2.75) is 13.8 Å². The first-order chi connectivity index (χ1) is 8.24. The van der Waals surface area contributed by atoms with E-state index in [1.54, 1.807) is 11.3 Å². The van der Waals surface area contributed by atoms with E-state index in [1.165, 1.54) is 0 Å². The van der Waals surface area contributed by atoms with Gasteiger partial charge in [-0.1, -0.05) is 6.07 Å². The third-order valence-electron chi connectivity index (χ3n) is 2.52. The number of H-pyrrole nitrogens is 1. The Hall–Kier alpha value is -1.88. The van der Waals surface area contributed by atoms with Crippen LogP contribution in [0.2, 0.25) is 0 Å². The van der Waals surface area contributed by atoms with Crippen LogP contribution in [0.25, 0.3) is 22.1 Å². The van der Waals surface area contributed by atoms with E-state index in [0.717, 1.165) is 27.8 Å². The van der Waals surface area contributed by atoms with Crippen molar-refractivity contribution < 1.29 is 4.42 Å². The first-order valence-corrected chi connectivity index (χ1v) is 6.15. The van der Waals surface area contributed by atoms with E-state index in [-0.39, 0.29) is 0 Å². The molecule has 86 valence electrons. The zero-order valence-corrected chi connectivity index (χ0v) is 10.3. The van der Waals surface area contributed by atoms with E-state index < -0.39 is 0 Å². The van der Waals surface area contributed by atoms with Gasteiger partial charge in [-0.05, 0) is 31.4 Å². The molecule has 0 radical (unpaired) electrons. The Morgan fingerprint density at radius 3 is 2.88 bits per heavy atom. The summed E-state index contributed by atoms with van der Waals surface area (Å²) in [5.74, 6) is 3.20. The molecule has 3 aromatic heterocycles. The Labute approximate surface area is 102 Å². The molecule has 0 aliphatic carbocycles. The van der Waals surface area contributed by atoms with E-state index in [4.69, 9.17) is 4.42 Å². The minimum atomic E-state index is 0.683. The molecule has 0 spiro atoms. The Bertz CT molecular complexity index is 637. The Morgan fingerprint density at radius 2 is 2.24 bits per heavy atom. The van der Waals surface area contributed by atoms with Crippen molar-refractivity contribution in [3.05, 3.63) is 35.1 Å². The Morgan fingerprint density at radius 1 is 1.35 bits per heavy atom. The summed E-state index contributed by atoms with van der Waals surface area (Å²) < 4.78 is 5.48. The molecule has 0 aliphatic rings. The van der Waals surface area contributed by atoms with Crippen LogP contribution >= 0.6 is 11.3 Å². The summed E-state index contributed by atoms with van der Waals surface area (Å²) in [6, 6.07) is 5.97. The van der Waals surface area contributed by atoms with E-state index in [0.29, 0.717) is 5.82 Å². The lowest BCUT2D eigenvalue weighted by Crippen LogP contribution is -1.79. The van der Waals surface area contributed by atoms with E-state index in [9.17, 15) is 0 Å². The second kappa shape index (κ2) is 3.85. The van der Waals surface area contributed by atoms with Crippen molar-refractivity contribution in [1.29, 1.82) is 0 Å². The summed E-state index contributed by atoms with van der Waals surface area (Å²) in [6.45, 7) is 3.84. The van der Waals surface area contributed by atoms with Crippen LogP contribution in [0.3, 0.4) is 0 Å². The molecule has 4 nitrogen and oxygen atoms in total. The smallest absolute Gasteiger partial charge is 0.185 e. The summed E-state index contributed by atoms with van der Waals surface area (Å²) in [7, 11) is 0. The van der Waals surface area contributed by atoms with Crippen LogP contribution in [-0.4, -0.2) is 15.2 Å². The van der Waals surface area contributed by atoms with Crippen molar-refractivity contribution in [3.63, 3.8) is 0 Å². The van der Waals surface area contributed by atoms with Gasteiger partial charge in [0.25, 0.3) is 0 Å². The van der Waals surface area contributed by atoms with Gasteiger partial charge in [-0.25, -0.2) is 4.98 Å². The van der Waals surface area contributed by atoms with Crippen LogP contribution in [0, 0.1) is 13.8 Å². The number of rotatable bonds is 2. The molecule has 0 bridgehead atoms. The van der Waals surface area contributed by atoms with Crippen LogP contribution < -0.4 is 0 Å². The lowest BCUT2D eigenvalue weighted by molar-refractivity contribution is 0.505. The molecule has 17 heavy (non-hydrogen) atoms. The predicted molar refractivity (Wildman–Crippen MR) is 66.9 cm³/mol. The lowest BCUT2D eigenvalue weighted by atomic mass is 10.2. The van der Waals surface area contributed by atoms with Gasteiger partial charge < -0.3 is 4.42 Å². The maximum atomic E-state index is 5.48. The normalized spacial score (nSPS) is 10.9. The van der Waals surface area contributed by atoms with E-state index in [2.05, 4.69) is 15.2 Å². The average Bonchev–Trinajstić information content (AvgIpc) is 2.97. The number of aromatic nitrogens is 3. The second-order valence-electron chi connectivity index (χ2n) is 3.81. The SMILES string of the molecule is Cc1cc(-c2n[nH]c(-c3cccs3)n2)c(C)o1. The monoisotopic (exact) mass is 245 g/mol. The fraction of sp³-hybridized carbons (Fsp3) is 0.167. The van der Waals surface area contributed by atoms with Gasteiger partial charge in [-0.3, -0.25) is 5.10 Å². The zero-order chi connectivity index (χ0) is 11.8. The molecule has 1 N–H and O–H groups in total. The topological polar surface area (TPSA) is 54.7 Å². The molecular formula is C12H11N3OS. The van der Waals surface area contributed by atoms with Gasteiger partial charge in [0.05, 0.1) is 10.4 Å². The van der Waals surface area contributed by atoms with Gasteiger partial charge in [-0.2, -0.15) is 5.10 Å². The van der Waals surface area contributed by atoms with Crippen LogP contribution in [0.5, 0.6) is 0 Å². The van der Waals surface area contributed by atoms with Crippen molar-refractivity contribution >= 4 is 11.3 Å². The number of furan rings is 1. The number of hydrogen-bond donors (Lipinski definition) is 1. The molecule has 5 heteroatoms. The summed E-state index contributed by atoms with van der Waals surface area (Å²) >= 11 is 1.64. The van der Waals surface area contributed by atoms with Gasteiger partial charge in [0.1, 0.15) is 11.5 Å². The minimum absolute atomic E-state index is 0.683. The number of hydrogen-bond acceptors (Lipinski definition) is 4. The molecular weight excluding hydrogens is 234 g/mol. The van der Waals surface area contributed by atoms with Crippen LogP contribution in [0.1, 0.15) is 11.5 Å². The van der Waals surface area contributed by atoms with Crippen LogP contribution in [-0.2, 0) is 0 Å². The molecule has 3 rings (SSSR count). The van der Waals surface area contributed by atoms with Crippen LogP contribution in [0.4, 0.5) is 0 Å². The zero-order valence-electron chi connectivity index (χ0n) is 9.52. The van der Waals surface area contributed by atoms with Gasteiger partial charge in [0.2, 0.25) is 0 Å². The fourth-order valence-electron chi connectivity index (χ4n) is 1.76. The molecule has 3 aromatic rings. The Balaban J connectivity index is 2.03. The molecule has 0 saturated carbocycles. The molecule has 0 amide bonds. The fourth-order valence-corrected chi connectivity index (χ4v) is 2.42. The van der Waals surface area contributed by atoms with Crippen molar-refractivity contribution in [1.82, 2.24) is 15.2 Å². The maximum absolute atomic E-state index is 5.48. The van der Waals surface area contributed by atoms with Gasteiger partial charge in [0.15, 0.2) is 11.6 Å². The van der Waals surface area contributed by atoms with Crippen molar-refractivity contribution in [3.8, 4) is 22.1 Å². The standard InChI is InChI=1S/C12H11N3OS/c1-7-6-9(8(2)16-7)11-13-12(15-14-11)10-4-3-5-17-10/h3-6H,1-2H3,(H,13,14,15). The summed E-state index contributed by atoms with van der Waals surface area (Å²) in [5.41, 5.74) is 0.946. The third-order valence-corrected chi connectivity index (χ3v) is 3.40. The van der Waals surface area contributed by atoms with Crippen molar-refractivity contribution in [2.75, 3.05) is 0 Å². The minimum Gasteiger partial charge on any atom is -0.466 e. The van der Waals surface area contributed by atoms with Crippen molar-refractivity contribution in [2.24, 2.45) is 0 Å². The van der Waals surface area contributed by atoms with Gasteiger partial charge in [0, 0.05) is 0 Å². The average molecular weight is 245 g/mol.